The van der Waals surface area contributed by atoms with Gasteiger partial charge < -0.3 is 19.8 Å². The summed E-state index contributed by atoms with van der Waals surface area (Å²) in [5.74, 6) is -1.17. The molecule has 6 nitrogen and oxygen atoms in total. The number of aliphatic hydroxyl groups excluding tert-OH is 3. The maximum atomic E-state index is 9.31. The zero-order valence-electron chi connectivity index (χ0n) is 8.42. The number of hydrogen-bond donors (Lipinski definition) is 3. The summed E-state index contributed by atoms with van der Waals surface area (Å²) in [7, 11) is -1.33. The van der Waals surface area contributed by atoms with Crippen LogP contribution in [-0.2, 0) is 13.6 Å². The first-order valence-electron chi connectivity index (χ1n) is 4.86. The molecule has 2 bridgehead atoms. The van der Waals surface area contributed by atoms with E-state index in [4.69, 9.17) is 13.6 Å². The summed E-state index contributed by atoms with van der Waals surface area (Å²) >= 11 is 0. The highest BCUT2D eigenvalue weighted by Crippen LogP contribution is 2.73. The molecule has 0 radical (unpaired) electrons. The molecule has 0 spiro atoms. The van der Waals surface area contributed by atoms with Gasteiger partial charge in [0.1, 0.15) is 6.10 Å². The summed E-state index contributed by atoms with van der Waals surface area (Å²) in [5, 5.41) is 27.9. The summed E-state index contributed by atoms with van der Waals surface area (Å²) in [5.41, 5.74) is -1.21. The Morgan fingerprint density at radius 1 is 1.20 bits per heavy atom. The van der Waals surface area contributed by atoms with Gasteiger partial charge in [-0.2, -0.15) is 0 Å². The van der Waals surface area contributed by atoms with Crippen molar-refractivity contribution in [1.29, 1.82) is 0 Å². The summed E-state index contributed by atoms with van der Waals surface area (Å²) in [6, 6.07) is 0. The Bertz CT molecular complexity index is 229. The Balaban J connectivity index is 2.27. The summed E-state index contributed by atoms with van der Waals surface area (Å²) in [6.45, 7) is 0.655. The minimum absolute atomic E-state index is 0.338. The minimum atomic E-state index is -1.33. The third kappa shape index (κ3) is 1.31. The second-order valence-electron chi connectivity index (χ2n) is 3.83. The maximum Gasteiger partial charge on any atom is 0.338 e. The van der Waals surface area contributed by atoms with E-state index < -0.39 is 39.6 Å². The fourth-order valence-corrected chi connectivity index (χ4v) is 3.58. The van der Waals surface area contributed by atoms with E-state index in [9.17, 15) is 15.3 Å². The predicted molar refractivity (Wildman–Crippen MR) is 50.7 cm³/mol. The Labute approximate surface area is 88.8 Å². The number of hydrogen-bond acceptors (Lipinski definition) is 6. The van der Waals surface area contributed by atoms with E-state index in [-0.39, 0.29) is 6.10 Å². The number of fused-ring (bicyclic) bond motifs is 1. The Morgan fingerprint density at radius 2 is 1.73 bits per heavy atom. The van der Waals surface area contributed by atoms with Crippen molar-refractivity contribution in [3.05, 3.63) is 0 Å². The lowest BCUT2D eigenvalue weighted by atomic mass is 9.77. The standard InChI is InChI=1S/C8H15O6P/c1-2-6-8(13-15(12-6)14-8)7(3-9,4-10)5-11/h6,9-11H,2-5H2,1H3. The van der Waals surface area contributed by atoms with Crippen molar-refractivity contribution < 1.29 is 28.9 Å². The molecule has 3 saturated heterocycles. The maximum absolute atomic E-state index is 9.31. The van der Waals surface area contributed by atoms with E-state index in [1.807, 2.05) is 6.92 Å². The quantitative estimate of drug-likeness (QED) is 0.571. The Kier molecular flexibility index (Phi) is 3.03. The molecule has 0 aliphatic carbocycles. The Morgan fingerprint density at radius 3 is 2.13 bits per heavy atom. The van der Waals surface area contributed by atoms with Crippen LogP contribution in [0.15, 0.2) is 0 Å². The van der Waals surface area contributed by atoms with Crippen molar-refractivity contribution in [1.82, 2.24) is 0 Å². The highest BCUT2D eigenvalue weighted by molar-refractivity contribution is 7.43. The second kappa shape index (κ2) is 3.89. The zero-order valence-corrected chi connectivity index (χ0v) is 9.31. The van der Waals surface area contributed by atoms with Crippen LogP contribution in [0.25, 0.3) is 0 Å². The lowest BCUT2D eigenvalue weighted by Crippen LogP contribution is -2.63. The first-order valence-corrected chi connectivity index (χ1v) is 5.95. The molecule has 1 unspecified atom stereocenters. The minimum Gasteiger partial charge on any atom is -0.395 e. The van der Waals surface area contributed by atoms with Gasteiger partial charge in [0, 0.05) is 0 Å². The third-order valence-corrected chi connectivity index (χ3v) is 4.34. The smallest absolute Gasteiger partial charge is 0.338 e. The summed E-state index contributed by atoms with van der Waals surface area (Å²) in [6.07, 6.45) is 0.302. The van der Waals surface area contributed by atoms with Gasteiger partial charge in [-0.05, 0) is 6.42 Å². The van der Waals surface area contributed by atoms with Crippen LogP contribution < -0.4 is 0 Å². The SMILES string of the molecule is CCC1OP2OC1(C(CO)(CO)CO)O2. The molecule has 0 amide bonds. The zero-order chi connectivity index (χ0) is 11.1. The fraction of sp³-hybridized carbons (Fsp3) is 1.00. The van der Waals surface area contributed by atoms with E-state index in [1.165, 1.54) is 0 Å². The van der Waals surface area contributed by atoms with Crippen LogP contribution in [0, 0.1) is 5.41 Å². The molecule has 3 aliphatic heterocycles. The van der Waals surface area contributed by atoms with E-state index in [2.05, 4.69) is 0 Å². The molecule has 3 fully saturated rings. The molecule has 0 saturated carbocycles. The van der Waals surface area contributed by atoms with Crippen molar-refractivity contribution in [2.24, 2.45) is 5.41 Å². The highest BCUT2D eigenvalue weighted by Gasteiger charge is 2.73. The monoisotopic (exact) mass is 238 g/mol. The van der Waals surface area contributed by atoms with Gasteiger partial charge in [0.25, 0.3) is 0 Å². The molecule has 0 aromatic carbocycles. The first kappa shape index (κ1) is 11.7. The third-order valence-electron chi connectivity index (χ3n) is 3.08. The molecule has 3 rings (SSSR count). The second-order valence-corrected chi connectivity index (χ2v) is 4.85. The van der Waals surface area contributed by atoms with E-state index in [0.717, 1.165) is 0 Å². The van der Waals surface area contributed by atoms with Crippen LogP contribution in [0.5, 0.6) is 0 Å². The predicted octanol–water partition coefficient (Wildman–Crippen LogP) is -0.272. The van der Waals surface area contributed by atoms with Crippen molar-refractivity contribution in [2.45, 2.75) is 25.2 Å². The average Bonchev–Trinajstić information content (AvgIpc) is 2.76. The lowest BCUT2D eigenvalue weighted by molar-refractivity contribution is -0.279. The molecule has 0 aromatic heterocycles. The van der Waals surface area contributed by atoms with Crippen molar-refractivity contribution in [2.75, 3.05) is 19.8 Å². The van der Waals surface area contributed by atoms with Gasteiger partial charge in [0.05, 0.1) is 25.2 Å². The molecule has 3 aliphatic rings. The fourth-order valence-electron chi connectivity index (χ4n) is 1.92. The van der Waals surface area contributed by atoms with E-state index >= 15 is 0 Å². The van der Waals surface area contributed by atoms with Gasteiger partial charge in [-0.1, -0.05) is 6.92 Å². The van der Waals surface area contributed by atoms with Crippen LogP contribution in [0.1, 0.15) is 13.3 Å². The van der Waals surface area contributed by atoms with Crippen molar-refractivity contribution >= 4 is 8.60 Å². The van der Waals surface area contributed by atoms with Gasteiger partial charge in [-0.15, -0.1) is 0 Å². The average molecular weight is 238 g/mol. The molecule has 3 N–H and O–H groups in total. The molecule has 0 aromatic rings. The van der Waals surface area contributed by atoms with E-state index in [0.29, 0.717) is 6.42 Å². The number of aliphatic hydroxyl groups is 3. The molecule has 7 heteroatoms. The largest absolute Gasteiger partial charge is 0.395 e. The van der Waals surface area contributed by atoms with E-state index in [1.54, 1.807) is 0 Å². The van der Waals surface area contributed by atoms with Gasteiger partial charge in [-0.25, -0.2) is 0 Å². The van der Waals surface area contributed by atoms with Gasteiger partial charge in [0.2, 0.25) is 5.79 Å². The molecule has 88 valence electrons. The van der Waals surface area contributed by atoms with Crippen LogP contribution in [0.3, 0.4) is 0 Å². The van der Waals surface area contributed by atoms with Gasteiger partial charge in [-0.3, -0.25) is 9.05 Å². The Hall–Kier alpha value is 0.190. The summed E-state index contributed by atoms with van der Waals surface area (Å²) < 4.78 is 16.2. The van der Waals surface area contributed by atoms with Crippen LogP contribution in [0.4, 0.5) is 0 Å². The molecule has 1 atom stereocenters. The molecular weight excluding hydrogens is 223 g/mol. The van der Waals surface area contributed by atoms with Crippen molar-refractivity contribution in [3.63, 3.8) is 0 Å². The summed E-state index contributed by atoms with van der Waals surface area (Å²) in [4.78, 5) is 0. The molecular formula is C8H15O6P. The topological polar surface area (TPSA) is 88.4 Å². The van der Waals surface area contributed by atoms with Crippen LogP contribution in [-0.4, -0.2) is 47.0 Å². The van der Waals surface area contributed by atoms with Crippen molar-refractivity contribution in [3.8, 4) is 0 Å². The first-order chi connectivity index (χ1) is 7.18. The molecule has 15 heavy (non-hydrogen) atoms. The number of rotatable bonds is 5. The lowest BCUT2D eigenvalue weighted by Gasteiger charge is -2.48. The van der Waals surface area contributed by atoms with Gasteiger partial charge >= 0.3 is 8.60 Å². The van der Waals surface area contributed by atoms with Gasteiger partial charge in [0.15, 0.2) is 0 Å². The van der Waals surface area contributed by atoms with Crippen LogP contribution in [0.2, 0.25) is 0 Å². The highest BCUT2D eigenvalue weighted by atomic mass is 31.2. The normalized spacial score (nSPS) is 39.2. The molecule has 3 heterocycles. The van der Waals surface area contributed by atoms with Crippen LogP contribution >= 0.6 is 8.60 Å².